The Hall–Kier alpha value is -1.69. The molecular weight excluding hydrogens is 215 g/mol. The van der Waals surface area contributed by atoms with Crippen LogP contribution < -0.4 is 16.4 Å². The first-order chi connectivity index (χ1) is 7.00. The highest BCUT2D eigenvalue weighted by molar-refractivity contribution is 7.80. The molecule has 5 N–H and O–H groups in total. The first kappa shape index (κ1) is 11.4. The third-order valence-electron chi connectivity index (χ3n) is 1.71. The number of nitrogens with two attached hydrogens (primary N) is 1. The van der Waals surface area contributed by atoms with E-state index in [1.165, 1.54) is 6.07 Å². The van der Waals surface area contributed by atoms with Gasteiger partial charge in [0.2, 0.25) is 0 Å². The lowest BCUT2D eigenvalue weighted by Gasteiger charge is -2.11. The van der Waals surface area contributed by atoms with E-state index >= 15 is 0 Å². The van der Waals surface area contributed by atoms with Gasteiger partial charge in [0.1, 0.15) is 5.82 Å². The monoisotopic (exact) mass is 226 g/mol. The molecule has 1 rings (SSSR count). The Morgan fingerprint density at radius 1 is 1.53 bits per heavy atom. The summed E-state index contributed by atoms with van der Waals surface area (Å²) >= 11 is 4.82. The minimum absolute atomic E-state index is 0.0932. The van der Waals surface area contributed by atoms with Gasteiger partial charge in [-0.05, 0) is 30.8 Å². The fraction of sp³-hybridized carbons (Fsp3) is 0.111. The third-order valence-corrected chi connectivity index (χ3v) is 1.91. The molecule has 80 valence electrons. The summed E-state index contributed by atoms with van der Waals surface area (Å²) in [6.45, 7) is 1.75. The summed E-state index contributed by atoms with van der Waals surface area (Å²) in [4.78, 5) is 0. The van der Waals surface area contributed by atoms with E-state index < -0.39 is 5.82 Å². The van der Waals surface area contributed by atoms with Crippen molar-refractivity contribution < 1.29 is 4.39 Å². The average molecular weight is 226 g/mol. The van der Waals surface area contributed by atoms with Crippen LogP contribution in [0.25, 0.3) is 0 Å². The Bertz CT molecular complexity index is 385. The molecule has 6 heteroatoms. The second-order valence-corrected chi connectivity index (χ2v) is 3.33. The number of guanidine groups is 1. The molecule has 0 unspecified atom stereocenters. The maximum Gasteiger partial charge on any atom is 0.192 e. The van der Waals surface area contributed by atoms with Gasteiger partial charge in [-0.2, -0.15) is 0 Å². The van der Waals surface area contributed by atoms with Crippen LogP contribution >= 0.6 is 12.2 Å². The van der Waals surface area contributed by atoms with E-state index in [9.17, 15) is 4.39 Å². The molecule has 15 heavy (non-hydrogen) atoms. The first-order valence-electron chi connectivity index (χ1n) is 4.18. The van der Waals surface area contributed by atoms with E-state index in [2.05, 4.69) is 10.6 Å². The maximum absolute atomic E-state index is 13.3. The van der Waals surface area contributed by atoms with Gasteiger partial charge in [-0.1, -0.05) is 12.1 Å². The van der Waals surface area contributed by atoms with Gasteiger partial charge in [-0.25, -0.2) is 4.39 Å². The van der Waals surface area contributed by atoms with Crippen LogP contribution in [-0.4, -0.2) is 11.1 Å². The van der Waals surface area contributed by atoms with Gasteiger partial charge in [-0.3, -0.25) is 5.41 Å². The summed E-state index contributed by atoms with van der Waals surface area (Å²) in [7, 11) is 0. The van der Waals surface area contributed by atoms with Crippen molar-refractivity contribution in [2.45, 2.75) is 6.92 Å². The highest BCUT2D eigenvalue weighted by Crippen LogP contribution is 2.18. The average Bonchev–Trinajstić information content (AvgIpc) is 2.10. The Morgan fingerprint density at radius 2 is 2.20 bits per heavy atom. The second-order valence-electron chi connectivity index (χ2n) is 2.92. The van der Waals surface area contributed by atoms with Crippen LogP contribution in [0.5, 0.6) is 0 Å². The second kappa shape index (κ2) is 4.70. The molecule has 0 bridgehead atoms. The molecule has 1 aromatic rings. The Balaban J connectivity index is 2.80. The number of hydrogen-bond donors (Lipinski definition) is 4. The highest BCUT2D eigenvalue weighted by atomic mass is 32.1. The number of benzene rings is 1. The Kier molecular flexibility index (Phi) is 3.56. The van der Waals surface area contributed by atoms with E-state index in [1.54, 1.807) is 19.1 Å². The molecule has 0 heterocycles. The molecule has 0 radical (unpaired) electrons. The minimum Gasteiger partial charge on any atom is -0.370 e. The summed E-state index contributed by atoms with van der Waals surface area (Å²) < 4.78 is 13.3. The number of thiocarbonyl (C=S) groups is 1. The lowest BCUT2D eigenvalue weighted by atomic mass is 10.2. The quantitative estimate of drug-likeness (QED) is 0.331. The zero-order chi connectivity index (χ0) is 11.4. The highest BCUT2D eigenvalue weighted by Gasteiger charge is 2.06. The molecule has 0 aliphatic rings. The van der Waals surface area contributed by atoms with Crippen LogP contribution in [0, 0.1) is 18.2 Å². The molecule has 0 atom stereocenters. The molecule has 0 fully saturated rings. The number of para-hydroxylation sites is 1. The summed E-state index contributed by atoms with van der Waals surface area (Å²) in [5.41, 5.74) is 6.09. The van der Waals surface area contributed by atoms with Crippen molar-refractivity contribution in [2.24, 2.45) is 5.73 Å². The Morgan fingerprint density at radius 3 is 2.73 bits per heavy atom. The number of rotatable bonds is 1. The molecule has 0 spiro atoms. The maximum atomic E-state index is 13.3. The SMILES string of the molecule is Cc1cccc(F)c1NC(=S)NC(=N)N. The topological polar surface area (TPSA) is 73.9 Å². The van der Waals surface area contributed by atoms with Crippen LogP contribution in [0.4, 0.5) is 10.1 Å². The van der Waals surface area contributed by atoms with Crippen LogP contribution in [0.1, 0.15) is 5.56 Å². The third kappa shape index (κ3) is 3.17. The summed E-state index contributed by atoms with van der Waals surface area (Å²) in [5, 5.41) is 12.0. The van der Waals surface area contributed by atoms with Crippen molar-refractivity contribution in [1.82, 2.24) is 5.32 Å². The smallest absolute Gasteiger partial charge is 0.192 e. The molecule has 0 saturated heterocycles. The van der Waals surface area contributed by atoms with E-state index in [0.29, 0.717) is 0 Å². The van der Waals surface area contributed by atoms with Crippen molar-refractivity contribution >= 4 is 29.0 Å². The molecule has 0 amide bonds. The summed E-state index contributed by atoms with van der Waals surface area (Å²) in [5.74, 6) is -0.691. The van der Waals surface area contributed by atoms with E-state index in [0.717, 1.165) is 5.56 Å². The minimum atomic E-state index is -0.400. The van der Waals surface area contributed by atoms with Crippen LogP contribution in [0.3, 0.4) is 0 Å². The van der Waals surface area contributed by atoms with Gasteiger partial charge in [0, 0.05) is 0 Å². The molecular formula is C9H11FN4S. The summed E-state index contributed by atoms with van der Waals surface area (Å²) in [6, 6.07) is 4.69. The lowest BCUT2D eigenvalue weighted by molar-refractivity contribution is 0.631. The zero-order valence-corrected chi connectivity index (χ0v) is 8.91. The zero-order valence-electron chi connectivity index (χ0n) is 8.10. The van der Waals surface area contributed by atoms with Gasteiger partial charge in [-0.15, -0.1) is 0 Å². The Labute approximate surface area is 92.2 Å². The summed E-state index contributed by atoms with van der Waals surface area (Å²) in [6.07, 6.45) is 0. The molecule has 1 aromatic carbocycles. The van der Waals surface area contributed by atoms with Crippen molar-refractivity contribution in [1.29, 1.82) is 5.41 Å². The molecule has 0 aromatic heterocycles. The fourth-order valence-corrected chi connectivity index (χ4v) is 1.27. The van der Waals surface area contributed by atoms with Gasteiger partial charge in [0.25, 0.3) is 0 Å². The predicted molar refractivity (Wildman–Crippen MR) is 62.4 cm³/mol. The number of aryl methyl sites for hydroxylation is 1. The van der Waals surface area contributed by atoms with Crippen molar-refractivity contribution in [3.63, 3.8) is 0 Å². The molecule has 0 aliphatic heterocycles. The standard InChI is InChI=1S/C9H11FN4S/c1-5-3-2-4-6(10)7(5)13-9(15)14-8(11)12/h2-4H,1H3,(H5,11,12,13,14,15). The van der Waals surface area contributed by atoms with Crippen molar-refractivity contribution in [3.8, 4) is 0 Å². The van der Waals surface area contributed by atoms with Gasteiger partial charge < -0.3 is 16.4 Å². The number of halogens is 1. The van der Waals surface area contributed by atoms with E-state index in [-0.39, 0.29) is 16.8 Å². The van der Waals surface area contributed by atoms with Crippen LogP contribution in [0.15, 0.2) is 18.2 Å². The number of hydrogen-bond acceptors (Lipinski definition) is 2. The van der Waals surface area contributed by atoms with Gasteiger partial charge >= 0.3 is 0 Å². The van der Waals surface area contributed by atoms with Crippen molar-refractivity contribution in [2.75, 3.05) is 5.32 Å². The van der Waals surface area contributed by atoms with Gasteiger partial charge in [0.15, 0.2) is 11.1 Å². The van der Waals surface area contributed by atoms with E-state index in [4.69, 9.17) is 23.4 Å². The normalized spacial score (nSPS) is 9.47. The predicted octanol–water partition coefficient (Wildman–Crippen LogP) is 1.31. The van der Waals surface area contributed by atoms with Crippen LogP contribution in [0.2, 0.25) is 0 Å². The first-order valence-corrected chi connectivity index (χ1v) is 4.58. The largest absolute Gasteiger partial charge is 0.370 e. The molecule has 4 nitrogen and oxygen atoms in total. The number of anilines is 1. The number of nitrogens with one attached hydrogen (secondary N) is 3. The molecule has 0 aliphatic carbocycles. The van der Waals surface area contributed by atoms with Crippen molar-refractivity contribution in [3.05, 3.63) is 29.6 Å². The van der Waals surface area contributed by atoms with Gasteiger partial charge in [0.05, 0.1) is 5.69 Å². The van der Waals surface area contributed by atoms with Crippen LogP contribution in [-0.2, 0) is 0 Å². The lowest BCUT2D eigenvalue weighted by Crippen LogP contribution is -2.38. The molecule has 0 saturated carbocycles. The van der Waals surface area contributed by atoms with E-state index in [1.807, 2.05) is 0 Å². The fourth-order valence-electron chi connectivity index (χ4n) is 1.06.